The van der Waals surface area contributed by atoms with E-state index in [9.17, 15) is 14.4 Å². The van der Waals surface area contributed by atoms with Gasteiger partial charge < -0.3 is 18.9 Å². The third-order valence-electron chi connectivity index (χ3n) is 3.27. The first-order valence-corrected chi connectivity index (χ1v) is 8.54. The summed E-state index contributed by atoms with van der Waals surface area (Å²) < 4.78 is 19.7. The average molecular weight is 394 g/mol. The Morgan fingerprint density at radius 2 is 1.74 bits per heavy atom. The monoisotopic (exact) mass is 394 g/mol. The van der Waals surface area contributed by atoms with E-state index in [1.54, 1.807) is 11.4 Å². The fourth-order valence-corrected chi connectivity index (χ4v) is 2.69. The van der Waals surface area contributed by atoms with E-state index >= 15 is 0 Å². The maximum absolute atomic E-state index is 12.1. The van der Waals surface area contributed by atoms with Crippen LogP contribution in [0.4, 0.5) is 5.13 Å². The summed E-state index contributed by atoms with van der Waals surface area (Å²) in [5.74, 6) is -0.843. The van der Waals surface area contributed by atoms with Crippen LogP contribution in [0.25, 0.3) is 0 Å². The van der Waals surface area contributed by atoms with Crippen LogP contribution in [-0.4, -0.2) is 50.8 Å². The Morgan fingerprint density at radius 3 is 2.33 bits per heavy atom. The van der Waals surface area contributed by atoms with Gasteiger partial charge in [0.05, 0.1) is 39.0 Å². The number of hydrogen-bond donors (Lipinski definition) is 1. The zero-order valence-electron chi connectivity index (χ0n) is 14.9. The number of methoxy groups -OCH3 is 3. The minimum atomic E-state index is -0.701. The maximum atomic E-state index is 12.1. The first-order chi connectivity index (χ1) is 12.9. The van der Waals surface area contributed by atoms with E-state index in [1.807, 2.05) is 0 Å². The third-order valence-corrected chi connectivity index (χ3v) is 4.08. The lowest BCUT2D eigenvalue weighted by atomic mass is 10.2. The van der Waals surface area contributed by atoms with E-state index < -0.39 is 24.5 Å². The van der Waals surface area contributed by atoms with Gasteiger partial charge in [-0.2, -0.15) is 0 Å². The molecule has 2 rings (SSSR count). The number of nitrogens with zero attached hydrogens (tertiary/aromatic N) is 1. The molecule has 1 N–H and O–H groups in total. The predicted octanol–water partition coefficient (Wildman–Crippen LogP) is 1.67. The number of nitrogens with one attached hydrogen (secondary N) is 1. The second-order valence-electron chi connectivity index (χ2n) is 5.12. The third kappa shape index (κ3) is 5.96. The van der Waals surface area contributed by atoms with Crippen LogP contribution in [-0.2, 0) is 25.5 Å². The van der Waals surface area contributed by atoms with Gasteiger partial charge in [0.15, 0.2) is 11.7 Å². The normalized spacial score (nSPS) is 10.0. The van der Waals surface area contributed by atoms with Crippen LogP contribution in [0.2, 0.25) is 0 Å². The summed E-state index contributed by atoms with van der Waals surface area (Å²) in [6.07, 6.45) is 0.00945. The summed E-state index contributed by atoms with van der Waals surface area (Å²) >= 11 is 1.15. The maximum Gasteiger partial charge on any atom is 0.338 e. The van der Waals surface area contributed by atoms with Crippen molar-refractivity contribution in [3.8, 4) is 11.5 Å². The number of carbonyl (C=O) groups excluding carboxylic acids is 3. The minimum absolute atomic E-state index is 0.00945. The largest absolute Gasteiger partial charge is 0.497 e. The summed E-state index contributed by atoms with van der Waals surface area (Å²) in [6.45, 7) is -0.496. The number of esters is 2. The Kier molecular flexibility index (Phi) is 7.12. The van der Waals surface area contributed by atoms with Gasteiger partial charge in [-0.15, -0.1) is 11.3 Å². The van der Waals surface area contributed by atoms with Crippen molar-refractivity contribution in [2.24, 2.45) is 0 Å². The molecule has 0 aliphatic heterocycles. The molecule has 1 amide bonds. The van der Waals surface area contributed by atoms with Crippen LogP contribution in [0, 0.1) is 0 Å². The molecule has 2 aromatic rings. The summed E-state index contributed by atoms with van der Waals surface area (Å²) in [5.41, 5.74) is 0.663. The van der Waals surface area contributed by atoms with Crippen LogP contribution in [0.15, 0.2) is 23.6 Å². The van der Waals surface area contributed by atoms with Gasteiger partial charge in [0.25, 0.3) is 5.91 Å². The van der Waals surface area contributed by atoms with Crippen LogP contribution >= 0.6 is 11.3 Å². The fraction of sp³-hybridized carbons (Fsp3) is 0.294. The van der Waals surface area contributed by atoms with Gasteiger partial charge in [0.1, 0.15) is 11.5 Å². The lowest BCUT2D eigenvalue weighted by Gasteiger charge is -2.08. The SMILES string of the molecule is COC(=O)Cc1csc(NC(=O)COC(=O)c2cc(OC)cc(OC)c2)n1. The van der Waals surface area contributed by atoms with E-state index in [4.69, 9.17) is 14.2 Å². The number of thiazole rings is 1. The van der Waals surface area contributed by atoms with Gasteiger partial charge in [-0.05, 0) is 12.1 Å². The zero-order chi connectivity index (χ0) is 19.8. The first-order valence-electron chi connectivity index (χ1n) is 7.66. The van der Waals surface area contributed by atoms with Crippen molar-refractivity contribution >= 4 is 34.3 Å². The highest BCUT2D eigenvalue weighted by Gasteiger charge is 2.15. The van der Waals surface area contributed by atoms with Crippen LogP contribution in [0.5, 0.6) is 11.5 Å². The van der Waals surface area contributed by atoms with Crippen molar-refractivity contribution in [1.29, 1.82) is 0 Å². The first kappa shape index (κ1) is 20.2. The smallest absolute Gasteiger partial charge is 0.338 e. The number of benzene rings is 1. The molecule has 27 heavy (non-hydrogen) atoms. The van der Waals surface area contributed by atoms with Gasteiger partial charge in [-0.3, -0.25) is 14.9 Å². The molecule has 0 saturated heterocycles. The summed E-state index contributed by atoms with van der Waals surface area (Å²) in [7, 11) is 4.20. The summed E-state index contributed by atoms with van der Waals surface area (Å²) in [6, 6.07) is 4.56. The molecule has 1 heterocycles. The molecule has 144 valence electrons. The molecular formula is C17H18N2O7S. The summed E-state index contributed by atoms with van der Waals surface area (Å²) in [5, 5.41) is 4.41. The lowest BCUT2D eigenvalue weighted by molar-refractivity contribution is -0.139. The summed E-state index contributed by atoms with van der Waals surface area (Å²) in [4.78, 5) is 39.3. The van der Waals surface area contributed by atoms with Gasteiger partial charge >= 0.3 is 11.9 Å². The quantitative estimate of drug-likeness (QED) is 0.673. The molecule has 0 saturated carbocycles. The minimum Gasteiger partial charge on any atom is -0.497 e. The molecule has 0 aliphatic carbocycles. The van der Waals surface area contributed by atoms with Crippen molar-refractivity contribution in [2.75, 3.05) is 33.3 Å². The average Bonchev–Trinajstić information content (AvgIpc) is 3.11. The van der Waals surface area contributed by atoms with Crippen molar-refractivity contribution in [1.82, 2.24) is 4.98 Å². The second kappa shape index (κ2) is 9.53. The number of anilines is 1. The highest BCUT2D eigenvalue weighted by molar-refractivity contribution is 7.13. The Hall–Kier alpha value is -3.14. The van der Waals surface area contributed by atoms with Gasteiger partial charge in [0.2, 0.25) is 0 Å². The second-order valence-corrected chi connectivity index (χ2v) is 5.98. The lowest BCUT2D eigenvalue weighted by Crippen LogP contribution is -2.21. The Bertz CT molecular complexity index is 812. The van der Waals surface area contributed by atoms with E-state index in [0.29, 0.717) is 17.2 Å². The highest BCUT2D eigenvalue weighted by atomic mass is 32.1. The van der Waals surface area contributed by atoms with Crippen molar-refractivity contribution < 1.29 is 33.3 Å². The number of rotatable bonds is 8. The molecule has 1 aromatic heterocycles. The Morgan fingerprint density at radius 1 is 1.07 bits per heavy atom. The molecule has 0 radical (unpaired) electrons. The molecule has 1 aromatic carbocycles. The fourth-order valence-electron chi connectivity index (χ4n) is 1.96. The number of amides is 1. The van der Waals surface area contributed by atoms with E-state index in [1.165, 1.54) is 33.5 Å². The molecule has 0 aliphatic rings. The molecule has 0 atom stereocenters. The van der Waals surface area contributed by atoms with Crippen LogP contribution in [0.1, 0.15) is 16.1 Å². The zero-order valence-corrected chi connectivity index (χ0v) is 15.8. The molecular weight excluding hydrogens is 376 g/mol. The number of ether oxygens (including phenoxy) is 4. The van der Waals surface area contributed by atoms with E-state index in [0.717, 1.165) is 11.3 Å². The molecule has 0 unspecified atom stereocenters. The number of hydrogen-bond acceptors (Lipinski definition) is 9. The topological polar surface area (TPSA) is 113 Å². The van der Waals surface area contributed by atoms with Gasteiger partial charge in [-0.1, -0.05) is 0 Å². The van der Waals surface area contributed by atoms with Crippen molar-refractivity contribution in [2.45, 2.75) is 6.42 Å². The van der Waals surface area contributed by atoms with Crippen LogP contribution in [0.3, 0.4) is 0 Å². The van der Waals surface area contributed by atoms with Crippen molar-refractivity contribution in [3.05, 3.63) is 34.8 Å². The van der Waals surface area contributed by atoms with Gasteiger partial charge in [0, 0.05) is 11.4 Å². The van der Waals surface area contributed by atoms with Crippen LogP contribution < -0.4 is 14.8 Å². The predicted molar refractivity (Wildman–Crippen MR) is 96.3 cm³/mol. The molecule has 0 spiro atoms. The Labute approximate surface area is 159 Å². The van der Waals surface area contributed by atoms with E-state index in [-0.39, 0.29) is 17.1 Å². The molecule has 9 nitrogen and oxygen atoms in total. The molecule has 0 fully saturated rings. The Balaban J connectivity index is 1.90. The number of aromatic nitrogens is 1. The standard InChI is InChI=1S/C17H18N2O7S/c1-23-12-4-10(5-13(7-12)24-2)16(22)26-8-14(20)19-17-18-11(9-27-17)6-15(21)25-3/h4-5,7,9H,6,8H2,1-3H3,(H,18,19,20). The number of carbonyl (C=O) groups is 3. The van der Waals surface area contributed by atoms with Gasteiger partial charge in [-0.25, -0.2) is 9.78 Å². The van der Waals surface area contributed by atoms with Crippen molar-refractivity contribution in [3.63, 3.8) is 0 Å². The molecule has 0 bridgehead atoms. The molecule has 10 heteroatoms. The van der Waals surface area contributed by atoms with E-state index in [2.05, 4.69) is 15.0 Å². The highest BCUT2D eigenvalue weighted by Crippen LogP contribution is 2.23.